The molecule has 0 fully saturated rings. The molecule has 3 aromatic rings. The maximum atomic E-state index is 12.2. The number of hydrogen-bond acceptors (Lipinski definition) is 5. The van der Waals surface area contributed by atoms with E-state index in [0.29, 0.717) is 16.7 Å². The van der Waals surface area contributed by atoms with E-state index >= 15 is 0 Å². The van der Waals surface area contributed by atoms with Crippen molar-refractivity contribution in [2.75, 3.05) is 7.05 Å². The van der Waals surface area contributed by atoms with Crippen molar-refractivity contribution in [1.82, 2.24) is 24.8 Å². The van der Waals surface area contributed by atoms with Crippen molar-refractivity contribution in [2.45, 2.75) is 6.54 Å². The second-order valence-electron chi connectivity index (χ2n) is 4.78. The van der Waals surface area contributed by atoms with Crippen LogP contribution in [0.25, 0.3) is 10.9 Å². The second-order valence-corrected chi connectivity index (χ2v) is 4.78. The molecule has 7 nitrogen and oxygen atoms in total. The molecule has 1 amide bonds. The minimum absolute atomic E-state index is 0.176. The molecule has 0 aliphatic carbocycles. The van der Waals surface area contributed by atoms with Crippen LogP contribution in [0, 0.1) is 0 Å². The van der Waals surface area contributed by atoms with Gasteiger partial charge in [0.15, 0.2) is 0 Å². The van der Waals surface area contributed by atoms with Crippen molar-refractivity contribution >= 4 is 16.8 Å². The molecule has 2 heterocycles. The Kier molecular flexibility index (Phi) is 3.61. The van der Waals surface area contributed by atoms with Crippen LogP contribution in [0.1, 0.15) is 16.3 Å². The lowest BCUT2D eigenvalue weighted by Crippen LogP contribution is -2.29. The highest BCUT2D eigenvalue weighted by atomic mass is 16.2. The summed E-state index contributed by atoms with van der Waals surface area (Å²) in [5, 5.41) is 0.522. The third kappa shape index (κ3) is 2.69. The number of fused-ring (bicyclic) bond motifs is 1. The molecule has 7 heteroatoms. The molecule has 0 aliphatic heterocycles. The molecular weight excluding hydrogens is 282 g/mol. The van der Waals surface area contributed by atoms with Crippen LogP contribution >= 0.6 is 0 Å². The molecule has 1 N–H and O–H groups in total. The van der Waals surface area contributed by atoms with Gasteiger partial charge in [-0.05, 0) is 12.1 Å². The monoisotopic (exact) mass is 295 g/mol. The number of carbonyl (C=O) groups excluding carboxylic acids is 1. The predicted molar refractivity (Wildman–Crippen MR) is 80.2 cm³/mol. The third-order valence-electron chi connectivity index (χ3n) is 3.18. The zero-order chi connectivity index (χ0) is 15.5. The quantitative estimate of drug-likeness (QED) is 0.777. The van der Waals surface area contributed by atoms with E-state index in [0.717, 1.165) is 0 Å². The summed E-state index contributed by atoms with van der Waals surface area (Å²) in [5.74, 6) is 0.132. The number of benzene rings is 1. The number of para-hydroxylation sites is 1. The minimum atomic E-state index is -0.288. The van der Waals surface area contributed by atoms with Gasteiger partial charge < -0.3 is 9.88 Å². The molecule has 0 saturated carbocycles. The van der Waals surface area contributed by atoms with Crippen molar-refractivity contribution in [2.24, 2.45) is 0 Å². The summed E-state index contributed by atoms with van der Waals surface area (Å²) in [5.41, 5.74) is 0.621. The van der Waals surface area contributed by atoms with Gasteiger partial charge in [-0.25, -0.2) is 9.97 Å². The first-order chi connectivity index (χ1) is 10.6. The Hall–Kier alpha value is -3.09. The van der Waals surface area contributed by atoms with Crippen molar-refractivity contribution in [1.29, 1.82) is 0 Å². The molecule has 1 aromatic carbocycles. The molecule has 0 unspecified atom stereocenters. The first-order valence-electron chi connectivity index (χ1n) is 6.64. The van der Waals surface area contributed by atoms with Gasteiger partial charge in [0, 0.05) is 19.4 Å². The number of H-pyrrole nitrogens is 1. The number of rotatable bonds is 3. The average molecular weight is 295 g/mol. The number of hydrogen-bond donors (Lipinski definition) is 1. The summed E-state index contributed by atoms with van der Waals surface area (Å²) in [4.78, 5) is 40.5. The number of aromatic nitrogens is 4. The lowest BCUT2D eigenvalue weighted by atomic mass is 10.2. The van der Waals surface area contributed by atoms with Crippen molar-refractivity contribution in [3.05, 3.63) is 64.7 Å². The SMILES string of the molecule is CN(Cc1nc2ccccc2c(=O)[nH]1)C(=O)c1cnccn1. The van der Waals surface area contributed by atoms with Gasteiger partial charge in [0.25, 0.3) is 11.5 Å². The van der Waals surface area contributed by atoms with E-state index in [1.165, 1.54) is 23.5 Å². The topological polar surface area (TPSA) is 91.8 Å². The van der Waals surface area contributed by atoms with E-state index in [1.54, 1.807) is 25.2 Å². The Balaban J connectivity index is 1.87. The molecule has 0 spiro atoms. The number of aromatic amines is 1. The highest BCUT2D eigenvalue weighted by Crippen LogP contribution is 2.07. The number of carbonyl (C=O) groups is 1. The predicted octanol–water partition coefficient (Wildman–Crippen LogP) is 0.985. The van der Waals surface area contributed by atoms with Crippen LogP contribution in [0.5, 0.6) is 0 Å². The average Bonchev–Trinajstić information content (AvgIpc) is 2.55. The molecule has 22 heavy (non-hydrogen) atoms. The van der Waals surface area contributed by atoms with Gasteiger partial charge in [-0.3, -0.25) is 14.6 Å². The first-order valence-corrected chi connectivity index (χ1v) is 6.64. The van der Waals surface area contributed by atoms with Gasteiger partial charge in [-0.2, -0.15) is 0 Å². The lowest BCUT2D eigenvalue weighted by molar-refractivity contribution is 0.0775. The van der Waals surface area contributed by atoms with E-state index in [2.05, 4.69) is 19.9 Å². The van der Waals surface area contributed by atoms with E-state index in [9.17, 15) is 9.59 Å². The smallest absolute Gasteiger partial charge is 0.274 e. The summed E-state index contributed by atoms with van der Waals surface area (Å²) in [6, 6.07) is 7.06. The van der Waals surface area contributed by atoms with E-state index < -0.39 is 0 Å². The third-order valence-corrected chi connectivity index (χ3v) is 3.18. The summed E-state index contributed by atoms with van der Waals surface area (Å²) in [6.45, 7) is 0.176. The molecular formula is C15H13N5O2. The van der Waals surface area contributed by atoms with Crippen LogP contribution < -0.4 is 5.56 Å². The van der Waals surface area contributed by atoms with Gasteiger partial charge in [-0.1, -0.05) is 12.1 Å². The molecule has 0 atom stereocenters. The Morgan fingerprint density at radius 2 is 2.09 bits per heavy atom. The van der Waals surface area contributed by atoms with Crippen LogP contribution in [0.3, 0.4) is 0 Å². The maximum Gasteiger partial charge on any atom is 0.274 e. The molecule has 0 aliphatic rings. The summed E-state index contributed by atoms with van der Waals surface area (Å²) < 4.78 is 0. The zero-order valence-corrected chi connectivity index (χ0v) is 11.9. The van der Waals surface area contributed by atoms with E-state index in [-0.39, 0.29) is 23.7 Å². The lowest BCUT2D eigenvalue weighted by Gasteiger charge is -2.15. The van der Waals surface area contributed by atoms with E-state index in [1.807, 2.05) is 6.07 Å². The van der Waals surface area contributed by atoms with E-state index in [4.69, 9.17) is 0 Å². The fourth-order valence-electron chi connectivity index (χ4n) is 2.11. The van der Waals surface area contributed by atoms with Crippen LogP contribution in [-0.2, 0) is 6.54 Å². The van der Waals surface area contributed by atoms with Crippen LogP contribution in [0.2, 0.25) is 0 Å². The summed E-state index contributed by atoms with van der Waals surface area (Å²) in [6.07, 6.45) is 4.35. The Morgan fingerprint density at radius 1 is 1.27 bits per heavy atom. The number of amides is 1. The van der Waals surface area contributed by atoms with Gasteiger partial charge in [0.05, 0.1) is 23.6 Å². The fraction of sp³-hybridized carbons (Fsp3) is 0.133. The van der Waals surface area contributed by atoms with Gasteiger partial charge in [0.1, 0.15) is 11.5 Å². The second kappa shape index (κ2) is 5.72. The Morgan fingerprint density at radius 3 is 2.86 bits per heavy atom. The highest BCUT2D eigenvalue weighted by molar-refractivity contribution is 5.91. The Labute approximate surface area is 125 Å². The molecule has 0 saturated heterocycles. The first kappa shape index (κ1) is 13.9. The zero-order valence-electron chi connectivity index (χ0n) is 11.9. The molecule has 2 aromatic heterocycles. The summed E-state index contributed by atoms with van der Waals surface area (Å²) in [7, 11) is 1.62. The number of nitrogens with zero attached hydrogens (tertiary/aromatic N) is 4. The van der Waals surface area contributed by atoms with Crippen molar-refractivity contribution in [3.8, 4) is 0 Å². The molecule has 110 valence electrons. The minimum Gasteiger partial charge on any atom is -0.333 e. The molecule has 3 rings (SSSR count). The van der Waals surface area contributed by atoms with Gasteiger partial charge >= 0.3 is 0 Å². The van der Waals surface area contributed by atoms with Crippen LogP contribution in [0.15, 0.2) is 47.7 Å². The largest absolute Gasteiger partial charge is 0.333 e. The molecule has 0 radical (unpaired) electrons. The van der Waals surface area contributed by atoms with Crippen molar-refractivity contribution < 1.29 is 4.79 Å². The highest BCUT2D eigenvalue weighted by Gasteiger charge is 2.15. The van der Waals surface area contributed by atoms with Crippen LogP contribution in [-0.4, -0.2) is 37.8 Å². The normalized spacial score (nSPS) is 10.6. The fourth-order valence-corrected chi connectivity index (χ4v) is 2.11. The molecule has 0 bridgehead atoms. The van der Waals surface area contributed by atoms with Crippen molar-refractivity contribution in [3.63, 3.8) is 0 Å². The Bertz CT molecular complexity index is 876. The van der Waals surface area contributed by atoms with Gasteiger partial charge in [-0.15, -0.1) is 0 Å². The van der Waals surface area contributed by atoms with Crippen LogP contribution in [0.4, 0.5) is 0 Å². The standard InChI is InChI=1S/C15H13N5O2/c1-20(15(22)12-8-16-6-7-17-12)9-13-18-11-5-3-2-4-10(11)14(21)19-13/h2-8H,9H2,1H3,(H,18,19,21). The number of nitrogens with one attached hydrogen (secondary N) is 1. The van der Waals surface area contributed by atoms with Gasteiger partial charge in [0.2, 0.25) is 0 Å². The summed E-state index contributed by atoms with van der Waals surface area (Å²) >= 11 is 0. The maximum absolute atomic E-state index is 12.2.